The molecule has 1 spiro atoms. The number of hydrogen-bond donors (Lipinski definition) is 1. The first-order chi connectivity index (χ1) is 17.9. The van der Waals surface area contributed by atoms with Gasteiger partial charge in [-0.25, -0.2) is 8.78 Å². The van der Waals surface area contributed by atoms with E-state index in [1.54, 1.807) is 0 Å². The minimum absolute atomic E-state index is 0. The summed E-state index contributed by atoms with van der Waals surface area (Å²) < 4.78 is 35.2. The lowest BCUT2D eigenvalue weighted by Crippen LogP contribution is -3.00. The van der Waals surface area contributed by atoms with Gasteiger partial charge in [0.15, 0.2) is 5.69 Å². The Kier molecular flexibility index (Phi) is 9.14. The van der Waals surface area contributed by atoms with Crippen molar-refractivity contribution in [3.63, 3.8) is 0 Å². The molecule has 1 aromatic heterocycles. The monoisotopic (exact) mass is 581 g/mol. The molecule has 2 aromatic rings. The number of ether oxygens (including phenoxy) is 1. The smallest absolute Gasteiger partial charge is 0.370 e. The summed E-state index contributed by atoms with van der Waals surface area (Å²) in [5, 5.41) is 2.26. The third-order valence-electron chi connectivity index (χ3n) is 9.68. The Bertz CT molecular complexity index is 1150. The second kappa shape index (κ2) is 11.9. The normalized spacial score (nSPS) is 31.4. The maximum Gasteiger partial charge on any atom is 0.370 e. The summed E-state index contributed by atoms with van der Waals surface area (Å²) in [6.07, 6.45) is 3.63. The third-order valence-corrected chi connectivity index (χ3v) is 9.68. The van der Waals surface area contributed by atoms with Crippen LogP contribution in [0.15, 0.2) is 42.5 Å². The van der Waals surface area contributed by atoms with Gasteiger partial charge in [0.25, 0.3) is 0 Å². The summed E-state index contributed by atoms with van der Waals surface area (Å²) in [4.78, 5) is 19.9. The minimum atomic E-state index is -2.63. The number of carbonyl (C=O) groups excluding carboxylic acids is 1. The molecule has 6 rings (SSSR count). The van der Waals surface area contributed by atoms with Crippen LogP contribution in [0.4, 0.5) is 8.78 Å². The number of carbonyl (C=O) groups is 1. The van der Waals surface area contributed by atoms with Gasteiger partial charge in [0.1, 0.15) is 5.92 Å². The van der Waals surface area contributed by atoms with Gasteiger partial charge in [-0.15, -0.1) is 0 Å². The van der Waals surface area contributed by atoms with Gasteiger partial charge in [0.2, 0.25) is 11.8 Å². The topological polar surface area (TPSA) is 60.3 Å². The lowest BCUT2D eigenvalue weighted by molar-refractivity contribution is -0.640. The maximum atomic E-state index is 14.6. The van der Waals surface area contributed by atoms with Crippen LogP contribution in [-0.4, -0.2) is 49.0 Å². The molecule has 1 aliphatic carbocycles. The van der Waals surface area contributed by atoms with Crippen molar-refractivity contribution < 1.29 is 53.4 Å². The number of amides is 1. The van der Waals surface area contributed by atoms with E-state index in [-0.39, 0.29) is 66.9 Å². The highest BCUT2D eigenvalue weighted by atomic mass is 35.5. The van der Waals surface area contributed by atoms with Gasteiger partial charge in [-0.05, 0) is 55.6 Å². The number of hydrogen-bond acceptors (Lipinski definition) is 2. The quantitative estimate of drug-likeness (QED) is 0.440. The van der Waals surface area contributed by atoms with Crippen LogP contribution in [0.3, 0.4) is 0 Å². The highest BCUT2D eigenvalue weighted by Gasteiger charge is 2.57. The van der Waals surface area contributed by atoms with Crippen LogP contribution in [0.2, 0.25) is 0 Å². The highest BCUT2D eigenvalue weighted by Crippen LogP contribution is 2.47. The number of nitrogens with two attached hydrogens (primary N) is 1. The first-order valence-corrected chi connectivity index (χ1v) is 14.1. The SMILES string of the molecule is Cc1ccc2c([nH+]1)OCC[C@]21C[NH2+]C[C@H]1C(=O)N1CC[C@@H](c2ccccc2)C[C@H]1C1CCCC(F)(F)C1.[Cl-].[Cl-]. The molecular weight excluding hydrogens is 543 g/mol. The van der Waals surface area contributed by atoms with E-state index in [0.717, 1.165) is 55.9 Å². The van der Waals surface area contributed by atoms with E-state index in [1.807, 2.05) is 17.9 Å². The number of aromatic amines is 1. The van der Waals surface area contributed by atoms with Gasteiger partial charge in [-0.2, -0.15) is 4.98 Å². The first kappa shape index (κ1) is 30.0. The minimum Gasteiger partial charge on any atom is -1.00 e. The maximum absolute atomic E-state index is 14.6. The van der Waals surface area contributed by atoms with E-state index in [9.17, 15) is 13.6 Å². The average Bonchev–Trinajstić information content (AvgIpc) is 3.31. The summed E-state index contributed by atoms with van der Waals surface area (Å²) in [5.74, 6) is -1.72. The zero-order valence-electron chi connectivity index (χ0n) is 22.5. The number of pyridine rings is 1. The number of aromatic nitrogens is 1. The standard InChI is InChI=1S/C30H37F2N3O2.2ClH/c1-20-9-10-24-27(34-20)37-15-13-29(24)19-33-18-25(29)28(36)35-14-11-22(21-6-3-2-4-7-21)16-26(35)23-8-5-12-30(31,32)17-23;;/h2-4,6-7,9-10,22-23,25-26,33H,5,8,11-19H2,1H3;2*1H/t22-,23?,25+,26+,29+;;/m1../s1. The van der Waals surface area contributed by atoms with Crippen LogP contribution < -0.4 is 39.9 Å². The second-order valence-electron chi connectivity index (χ2n) is 11.9. The number of halogens is 4. The molecule has 4 heterocycles. The van der Waals surface area contributed by atoms with Crippen molar-refractivity contribution in [2.75, 3.05) is 26.2 Å². The fraction of sp³-hybridized carbons (Fsp3) is 0.600. The van der Waals surface area contributed by atoms with Crippen LogP contribution in [-0.2, 0) is 10.2 Å². The van der Waals surface area contributed by atoms with Gasteiger partial charge >= 0.3 is 5.88 Å². The van der Waals surface area contributed by atoms with Crippen molar-refractivity contribution in [3.8, 4) is 5.88 Å². The molecule has 39 heavy (non-hydrogen) atoms. The Labute approximate surface area is 242 Å². The zero-order chi connectivity index (χ0) is 25.6. The molecule has 3 fully saturated rings. The third kappa shape index (κ3) is 5.64. The number of H-pyrrole nitrogens is 1. The van der Waals surface area contributed by atoms with Crippen LogP contribution in [0, 0.1) is 18.8 Å². The number of fused-ring (bicyclic) bond motifs is 2. The van der Waals surface area contributed by atoms with Crippen molar-refractivity contribution in [2.24, 2.45) is 11.8 Å². The molecule has 0 radical (unpaired) electrons. The molecule has 1 amide bonds. The Balaban J connectivity index is 0.00000176. The summed E-state index contributed by atoms with van der Waals surface area (Å²) in [6, 6.07) is 14.5. The number of rotatable bonds is 3. The first-order valence-electron chi connectivity index (χ1n) is 14.1. The van der Waals surface area contributed by atoms with E-state index in [1.165, 1.54) is 5.56 Å². The average molecular weight is 583 g/mol. The summed E-state index contributed by atoms with van der Waals surface area (Å²) in [5.41, 5.74) is 3.10. The zero-order valence-corrected chi connectivity index (χ0v) is 24.0. The van der Waals surface area contributed by atoms with Gasteiger partial charge in [0, 0.05) is 38.4 Å². The van der Waals surface area contributed by atoms with E-state index >= 15 is 0 Å². The van der Waals surface area contributed by atoms with Crippen LogP contribution >= 0.6 is 0 Å². The van der Waals surface area contributed by atoms with Gasteiger partial charge < -0.3 is 39.8 Å². The van der Waals surface area contributed by atoms with Crippen molar-refractivity contribution in [2.45, 2.75) is 75.2 Å². The van der Waals surface area contributed by atoms with E-state index in [2.05, 4.69) is 46.7 Å². The van der Waals surface area contributed by atoms with Crippen LogP contribution in [0.1, 0.15) is 67.7 Å². The van der Waals surface area contributed by atoms with E-state index in [0.29, 0.717) is 25.5 Å². The van der Waals surface area contributed by atoms with E-state index in [4.69, 9.17) is 4.74 Å². The van der Waals surface area contributed by atoms with Crippen molar-refractivity contribution in [1.82, 2.24) is 4.90 Å². The van der Waals surface area contributed by atoms with Gasteiger partial charge in [0.05, 0.1) is 30.7 Å². The summed E-state index contributed by atoms with van der Waals surface area (Å²) >= 11 is 0. The number of quaternary nitrogens is 1. The fourth-order valence-electron chi connectivity index (χ4n) is 7.82. The highest BCUT2D eigenvalue weighted by molar-refractivity contribution is 5.82. The molecule has 3 aliphatic heterocycles. The lowest BCUT2D eigenvalue weighted by Gasteiger charge is -2.47. The van der Waals surface area contributed by atoms with Crippen molar-refractivity contribution >= 4 is 5.91 Å². The molecular formula is C30H39Cl2F2N3O2. The number of piperidine rings is 1. The molecule has 214 valence electrons. The number of alkyl halides is 2. The lowest BCUT2D eigenvalue weighted by atomic mass is 9.68. The molecule has 3 N–H and O–H groups in total. The largest absolute Gasteiger partial charge is 1.00 e. The van der Waals surface area contributed by atoms with Crippen molar-refractivity contribution in [1.29, 1.82) is 0 Å². The van der Waals surface area contributed by atoms with Gasteiger partial charge in [-0.3, -0.25) is 4.79 Å². The molecule has 1 saturated carbocycles. The molecule has 2 saturated heterocycles. The second-order valence-corrected chi connectivity index (χ2v) is 11.9. The molecule has 5 atom stereocenters. The molecule has 1 unspecified atom stereocenters. The summed E-state index contributed by atoms with van der Waals surface area (Å²) in [7, 11) is 0. The number of nitrogens with one attached hydrogen (secondary N) is 1. The molecule has 9 heteroatoms. The number of likely N-dealkylation sites (tertiary alicyclic amines) is 1. The number of benzene rings is 1. The van der Waals surface area contributed by atoms with Crippen LogP contribution in [0.25, 0.3) is 0 Å². The summed E-state index contributed by atoms with van der Waals surface area (Å²) in [6.45, 7) is 4.82. The Morgan fingerprint density at radius 3 is 2.67 bits per heavy atom. The van der Waals surface area contributed by atoms with Crippen molar-refractivity contribution in [3.05, 3.63) is 59.3 Å². The molecule has 0 bridgehead atoms. The predicted molar refractivity (Wildman–Crippen MR) is 135 cm³/mol. The Morgan fingerprint density at radius 1 is 1.10 bits per heavy atom. The van der Waals surface area contributed by atoms with Gasteiger partial charge in [-0.1, -0.05) is 30.3 Å². The molecule has 1 aromatic carbocycles. The van der Waals surface area contributed by atoms with Crippen LogP contribution in [0.5, 0.6) is 5.88 Å². The number of nitrogens with zero attached hydrogens (tertiary/aromatic N) is 1. The fourth-order valence-corrected chi connectivity index (χ4v) is 7.82. The number of aryl methyl sites for hydroxylation is 1. The molecule has 5 nitrogen and oxygen atoms in total. The Hall–Kier alpha value is -1.96. The predicted octanol–water partition coefficient (Wildman–Crippen LogP) is -2.37. The Morgan fingerprint density at radius 2 is 1.90 bits per heavy atom. The van der Waals surface area contributed by atoms with E-state index < -0.39 is 5.92 Å². The molecule has 4 aliphatic rings.